The molecule has 2 aromatic heterocycles. The van der Waals surface area contributed by atoms with Crippen molar-refractivity contribution in [2.24, 2.45) is 11.8 Å². The maximum Gasteiger partial charge on any atom is 0.308 e. The molecule has 1 unspecified atom stereocenters. The van der Waals surface area contributed by atoms with Crippen molar-refractivity contribution in [1.82, 2.24) is 9.88 Å². The molecule has 176 valence electrons. The molecule has 0 bridgehead atoms. The third kappa shape index (κ3) is 5.89. The van der Waals surface area contributed by atoms with Crippen LogP contribution in [0.1, 0.15) is 43.0 Å². The van der Waals surface area contributed by atoms with Crippen molar-refractivity contribution in [2.45, 2.75) is 38.3 Å². The minimum absolute atomic E-state index is 0.00323. The number of benzene rings is 1. The number of methoxy groups -OCH3 is 1. The number of hydrogen-bond donors (Lipinski definition) is 1. The summed E-state index contributed by atoms with van der Waals surface area (Å²) in [5.74, 6) is -0.545. The highest BCUT2D eigenvalue weighted by molar-refractivity contribution is 7.07. The Balaban J connectivity index is 1.34. The van der Waals surface area contributed by atoms with Crippen LogP contribution in [0.3, 0.4) is 0 Å². The number of halogens is 1. The Kier molecular flexibility index (Phi) is 7.93. The molecule has 0 aliphatic carbocycles. The van der Waals surface area contributed by atoms with Gasteiger partial charge < -0.3 is 14.7 Å². The normalized spacial score (nSPS) is 20.1. The van der Waals surface area contributed by atoms with Gasteiger partial charge in [0, 0.05) is 18.1 Å². The first-order valence-electron chi connectivity index (χ1n) is 11.6. The van der Waals surface area contributed by atoms with E-state index in [2.05, 4.69) is 26.7 Å². The first kappa shape index (κ1) is 23.6. The molecule has 7 heteroatoms. The van der Waals surface area contributed by atoms with Crippen molar-refractivity contribution < 1.29 is 19.0 Å². The Morgan fingerprint density at radius 2 is 2.24 bits per heavy atom. The van der Waals surface area contributed by atoms with Crippen LogP contribution < -0.4 is 4.74 Å². The van der Waals surface area contributed by atoms with E-state index < -0.39 is 18.1 Å². The number of aromatic nitrogens is 1. The summed E-state index contributed by atoms with van der Waals surface area (Å²) >= 11 is 1.71. The standard InChI is InChI=1S/C26H31FN2O3S/c1-32-20-5-7-25-22(15-20)21(8-11-28-25)24(27)6-4-19-9-13-29(16-23(19)26(30)31)12-2-3-18-10-14-33-17-18/h5,7-8,10-11,14-15,17,19,23-24H,2-4,6,9,12-13,16H2,1H3,(H,30,31)/t19-,23+,24?/m1/s1. The fourth-order valence-corrected chi connectivity index (χ4v) is 5.60. The number of aliphatic carboxylic acids is 1. The zero-order valence-electron chi connectivity index (χ0n) is 19.0. The van der Waals surface area contributed by atoms with Gasteiger partial charge in [0.1, 0.15) is 11.9 Å². The minimum Gasteiger partial charge on any atom is -0.497 e. The minimum atomic E-state index is -1.17. The van der Waals surface area contributed by atoms with Crippen LogP contribution in [0.4, 0.5) is 4.39 Å². The summed E-state index contributed by atoms with van der Waals surface area (Å²) in [4.78, 5) is 18.6. The fourth-order valence-electron chi connectivity index (χ4n) is 4.90. The lowest BCUT2D eigenvalue weighted by atomic mass is 9.81. The lowest BCUT2D eigenvalue weighted by molar-refractivity contribution is -0.146. The Bertz CT molecular complexity index is 1060. The molecule has 1 aromatic carbocycles. The largest absolute Gasteiger partial charge is 0.497 e. The van der Waals surface area contributed by atoms with Crippen molar-refractivity contribution in [3.05, 3.63) is 58.4 Å². The summed E-state index contributed by atoms with van der Waals surface area (Å²) in [6.07, 6.45) is 4.19. The molecule has 4 rings (SSSR count). The number of piperidine rings is 1. The van der Waals surface area contributed by atoms with Crippen molar-refractivity contribution in [3.63, 3.8) is 0 Å². The number of nitrogens with zero attached hydrogens (tertiary/aromatic N) is 2. The zero-order chi connectivity index (χ0) is 23.2. The number of carbonyl (C=O) groups is 1. The van der Waals surface area contributed by atoms with E-state index in [0.717, 1.165) is 43.3 Å². The number of fused-ring (bicyclic) bond motifs is 1. The Morgan fingerprint density at radius 3 is 3.00 bits per heavy atom. The number of thiophene rings is 1. The van der Waals surface area contributed by atoms with Crippen molar-refractivity contribution in [1.29, 1.82) is 0 Å². The van der Waals surface area contributed by atoms with Crippen LogP contribution in [0, 0.1) is 11.8 Å². The average Bonchev–Trinajstić information content (AvgIpc) is 3.35. The quantitative estimate of drug-likeness (QED) is 0.409. The molecular formula is C26H31FN2O3S. The van der Waals surface area contributed by atoms with Gasteiger partial charge in [0.05, 0.1) is 18.5 Å². The number of aryl methyl sites for hydroxylation is 1. The van der Waals surface area contributed by atoms with Crippen LogP contribution in [0.5, 0.6) is 5.75 Å². The third-order valence-corrected chi connectivity index (χ3v) is 7.52. The highest BCUT2D eigenvalue weighted by atomic mass is 32.1. The summed E-state index contributed by atoms with van der Waals surface area (Å²) in [6, 6.07) is 9.33. The average molecular weight is 471 g/mol. The molecule has 5 nitrogen and oxygen atoms in total. The second kappa shape index (κ2) is 11.1. The fraction of sp³-hybridized carbons (Fsp3) is 0.462. The van der Waals surface area contributed by atoms with Gasteiger partial charge in [0.2, 0.25) is 0 Å². The van der Waals surface area contributed by atoms with E-state index in [1.54, 1.807) is 30.7 Å². The second-order valence-electron chi connectivity index (χ2n) is 8.86. The van der Waals surface area contributed by atoms with Gasteiger partial charge in [-0.25, -0.2) is 4.39 Å². The molecule has 0 saturated carbocycles. The number of carboxylic acid groups (broad SMARTS) is 1. The second-order valence-corrected chi connectivity index (χ2v) is 9.64. The van der Waals surface area contributed by atoms with Crippen molar-refractivity contribution in [2.75, 3.05) is 26.7 Å². The monoisotopic (exact) mass is 470 g/mol. The Hall–Kier alpha value is -2.51. The van der Waals surface area contributed by atoms with Crippen LogP contribution in [-0.4, -0.2) is 47.7 Å². The van der Waals surface area contributed by atoms with Crippen molar-refractivity contribution >= 4 is 28.2 Å². The highest BCUT2D eigenvalue weighted by Gasteiger charge is 2.34. The first-order valence-corrected chi connectivity index (χ1v) is 12.5. The van der Waals surface area contributed by atoms with Crippen LogP contribution in [0.2, 0.25) is 0 Å². The maximum absolute atomic E-state index is 15.3. The van der Waals surface area contributed by atoms with Crippen LogP contribution in [0.15, 0.2) is 47.3 Å². The molecule has 33 heavy (non-hydrogen) atoms. The highest BCUT2D eigenvalue weighted by Crippen LogP contribution is 2.35. The van der Waals surface area contributed by atoms with Crippen LogP contribution in [-0.2, 0) is 11.2 Å². The van der Waals surface area contributed by atoms with E-state index in [9.17, 15) is 9.90 Å². The van der Waals surface area contributed by atoms with Gasteiger partial charge >= 0.3 is 5.97 Å². The predicted molar refractivity (Wildman–Crippen MR) is 130 cm³/mol. The van der Waals surface area contributed by atoms with E-state index >= 15 is 4.39 Å². The number of alkyl halides is 1. The maximum atomic E-state index is 15.3. The molecule has 0 spiro atoms. The van der Waals surface area contributed by atoms with Gasteiger partial charge in [-0.05, 0) is 103 Å². The summed E-state index contributed by atoms with van der Waals surface area (Å²) in [6.45, 7) is 2.34. The lowest BCUT2D eigenvalue weighted by Gasteiger charge is -2.36. The summed E-state index contributed by atoms with van der Waals surface area (Å²) in [5, 5.41) is 14.8. The van der Waals surface area contributed by atoms with E-state index in [1.807, 2.05) is 18.2 Å². The van der Waals surface area contributed by atoms with E-state index in [-0.39, 0.29) is 5.92 Å². The first-order chi connectivity index (χ1) is 16.0. The van der Waals surface area contributed by atoms with E-state index in [0.29, 0.717) is 30.7 Å². The van der Waals surface area contributed by atoms with E-state index in [1.165, 1.54) is 5.56 Å². The summed E-state index contributed by atoms with van der Waals surface area (Å²) in [5.41, 5.74) is 2.67. The molecule has 0 amide bonds. The summed E-state index contributed by atoms with van der Waals surface area (Å²) in [7, 11) is 1.59. The smallest absolute Gasteiger partial charge is 0.308 e. The molecule has 1 aliphatic heterocycles. The third-order valence-electron chi connectivity index (χ3n) is 6.79. The number of likely N-dealkylation sites (tertiary alicyclic amines) is 1. The van der Waals surface area contributed by atoms with Crippen molar-refractivity contribution in [3.8, 4) is 5.75 Å². The van der Waals surface area contributed by atoms with Gasteiger partial charge in [0.25, 0.3) is 0 Å². The number of pyridine rings is 1. The molecule has 0 radical (unpaired) electrons. The molecule has 3 atom stereocenters. The van der Waals surface area contributed by atoms with Crippen LogP contribution in [0.25, 0.3) is 10.9 Å². The number of rotatable bonds is 10. The Morgan fingerprint density at radius 1 is 1.36 bits per heavy atom. The molecule has 3 aromatic rings. The van der Waals surface area contributed by atoms with E-state index in [4.69, 9.17) is 4.74 Å². The Labute approximate surface area is 198 Å². The van der Waals surface area contributed by atoms with Gasteiger partial charge in [-0.2, -0.15) is 11.3 Å². The van der Waals surface area contributed by atoms with Crippen LogP contribution >= 0.6 is 11.3 Å². The summed E-state index contributed by atoms with van der Waals surface area (Å²) < 4.78 is 20.6. The van der Waals surface area contributed by atoms with Gasteiger partial charge in [0.15, 0.2) is 0 Å². The zero-order valence-corrected chi connectivity index (χ0v) is 19.8. The molecule has 3 heterocycles. The van der Waals surface area contributed by atoms with Gasteiger partial charge in [-0.3, -0.25) is 9.78 Å². The predicted octanol–water partition coefficient (Wildman–Crippen LogP) is 5.75. The number of ether oxygens (including phenoxy) is 1. The number of carboxylic acids is 1. The molecule has 1 fully saturated rings. The number of hydrogen-bond acceptors (Lipinski definition) is 5. The molecular weight excluding hydrogens is 439 g/mol. The molecule has 1 aliphatic rings. The lowest BCUT2D eigenvalue weighted by Crippen LogP contribution is -2.44. The topological polar surface area (TPSA) is 62.7 Å². The molecule has 1 N–H and O–H groups in total. The molecule has 1 saturated heterocycles. The van der Waals surface area contributed by atoms with Gasteiger partial charge in [-0.15, -0.1) is 0 Å². The SMILES string of the molecule is COc1ccc2nccc(C(F)CC[C@@H]3CCN(CCCc4ccsc4)C[C@@H]3C(=O)O)c2c1. The van der Waals surface area contributed by atoms with Gasteiger partial charge in [-0.1, -0.05) is 0 Å².